The van der Waals surface area contributed by atoms with Gasteiger partial charge in [0.25, 0.3) is 0 Å². The van der Waals surface area contributed by atoms with E-state index in [1.807, 2.05) is 0 Å². The Kier molecular flexibility index (Phi) is 10.8. The second kappa shape index (κ2) is 12.4. The SMILES string of the molecule is CCCCOC(=O)CC(CC1CCCCC1)C(=O)OCCCC. The van der Waals surface area contributed by atoms with Crippen molar-refractivity contribution in [2.75, 3.05) is 13.2 Å². The van der Waals surface area contributed by atoms with Crippen LogP contribution in [0, 0.1) is 11.8 Å². The minimum atomic E-state index is -0.330. The predicted molar refractivity (Wildman–Crippen MR) is 91.0 cm³/mol. The van der Waals surface area contributed by atoms with E-state index < -0.39 is 0 Å². The Morgan fingerprint density at radius 2 is 1.57 bits per heavy atom. The fourth-order valence-electron chi connectivity index (χ4n) is 3.11. The maximum atomic E-state index is 12.3. The molecule has 4 nitrogen and oxygen atoms in total. The van der Waals surface area contributed by atoms with Crippen molar-refractivity contribution in [2.45, 2.75) is 84.5 Å². The monoisotopic (exact) mass is 326 g/mol. The smallest absolute Gasteiger partial charge is 0.309 e. The van der Waals surface area contributed by atoms with Crippen molar-refractivity contribution < 1.29 is 19.1 Å². The van der Waals surface area contributed by atoms with Gasteiger partial charge < -0.3 is 9.47 Å². The Hall–Kier alpha value is -1.06. The van der Waals surface area contributed by atoms with Crippen molar-refractivity contribution >= 4 is 11.9 Å². The third-order valence-corrected chi connectivity index (χ3v) is 4.59. The van der Waals surface area contributed by atoms with Gasteiger partial charge in [-0.15, -0.1) is 0 Å². The summed E-state index contributed by atoms with van der Waals surface area (Å²) in [6.07, 6.45) is 10.8. The number of hydrogen-bond acceptors (Lipinski definition) is 4. The summed E-state index contributed by atoms with van der Waals surface area (Å²) >= 11 is 0. The average Bonchev–Trinajstić information content (AvgIpc) is 2.55. The lowest BCUT2D eigenvalue weighted by Crippen LogP contribution is -2.26. The predicted octanol–water partition coefficient (Wildman–Crippen LogP) is 4.65. The van der Waals surface area contributed by atoms with Crippen LogP contribution in [0.4, 0.5) is 0 Å². The van der Waals surface area contributed by atoms with E-state index in [4.69, 9.17) is 9.47 Å². The highest BCUT2D eigenvalue weighted by Crippen LogP contribution is 2.30. The van der Waals surface area contributed by atoms with E-state index in [9.17, 15) is 9.59 Å². The van der Waals surface area contributed by atoms with Gasteiger partial charge in [-0.1, -0.05) is 58.8 Å². The molecule has 4 heteroatoms. The molecule has 1 rings (SSSR count). The van der Waals surface area contributed by atoms with Crippen LogP contribution in [0.1, 0.15) is 84.5 Å². The fourth-order valence-corrected chi connectivity index (χ4v) is 3.11. The van der Waals surface area contributed by atoms with Crippen LogP contribution in [0.2, 0.25) is 0 Å². The van der Waals surface area contributed by atoms with Crippen molar-refractivity contribution in [3.05, 3.63) is 0 Å². The van der Waals surface area contributed by atoms with Crippen LogP contribution < -0.4 is 0 Å². The second-order valence-corrected chi connectivity index (χ2v) is 6.74. The van der Waals surface area contributed by atoms with Crippen molar-refractivity contribution in [1.29, 1.82) is 0 Å². The molecule has 0 radical (unpaired) electrons. The first kappa shape index (κ1) is 20.0. The van der Waals surface area contributed by atoms with Crippen LogP contribution in [0.3, 0.4) is 0 Å². The highest BCUT2D eigenvalue weighted by molar-refractivity contribution is 5.80. The minimum Gasteiger partial charge on any atom is -0.466 e. The highest BCUT2D eigenvalue weighted by Gasteiger charge is 2.28. The van der Waals surface area contributed by atoms with Crippen LogP contribution >= 0.6 is 0 Å². The van der Waals surface area contributed by atoms with Gasteiger partial charge in [-0.3, -0.25) is 9.59 Å². The zero-order chi connectivity index (χ0) is 16.9. The molecule has 1 fully saturated rings. The quantitative estimate of drug-likeness (QED) is 0.410. The molecule has 0 aliphatic heterocycles. The van der Waals surface area contributed by atoms with Gasteiger partial charge in [-0.2, -0.15) is 0 Å². The lowest BCUT2D eigenvalue weighted by molar-refractivity contribution is -0.156. The summed E-state index contributed by atoms with van der Waals surface area (Å²) in [6, 6.07) is 0. The Morgan fingerprint density at radius 1 is 0.957 bits per heavy atom. The number of carbonyl (C=O) groups excluding carboxylic acids is 2. The van der Waals surface area contributed by atoms with Gasteiger partial charge in [0, 0.05) is 0 Å². The second-order valence-electron chi connectivity index (χ2n) is 6.74. The normalized spacial score (nSPS) is 16.8. The number of unbranched alkanes of at least 4 members (excludes halogenated alkanes) is 2. The van der Waals surface area contributed by atoms with E-state index in [2.05, 4.69) is 13.8 Å². The zero-order valence-corrected chi connectivity index (χ0v) is 15.0. The summed E-state index contributed by atoms with van der Waals surface area (Å²) in [6.45, 7) is 5.04. The van der Waals surface area contributed by atoms with Gasteiger partial charge >= 0.3 is 11.9 Å². The zero-order valence-electron chi connectivity index (χ0n) is 15.0. The molecule has 1 atom stereocenters. The molecule has 0 saturated heterocycles. The molecule has 0 amide bonds. The summed E-state index contributed by atoms with van der Waals surface area (Å²) in [5.74, 6) is -0.247. The molecule has 0 bridgehead atoms. The minimum absolute atomic E-state index is 0.172. The van der Waals surface area contributed by atoms with Crippen LogP contribution in [0.15, 0.2) is 0 Å². The van der Waals surface area contributed by atoms with E-state index in [1.54, 1.807) is 0 Å². The molecule has 0 aromatic carbocycles. The number of rotatable bonds is 11. The standard InChI is InChI=1S/C19H34O4/c1-3-5-12-22-18(20)15-17(19(21)23-13-6-4-2)14-16-10-8-7-9-11-16/h16-17H,3-15H2,1-2H3. The lowest BCUT2D eigenvalue weighted by atomic mass is 9.82. The van der Waals surface area contributed by atoms with Crippen molar-refractivity contribution in [3.8, 4) is 0 Å². The molecular weight excluding hydrogens is 292 g/mol. The first-order valence-electron chi connectivity index (χ1n) is 9.49. The molecule has 1 unspecified atom stereocenters. The molecule has 0 heterocycles. The summed E-state index contributed by atoms with van der Waals surface area (Å²) in [4.78, 5) is 24.3. The van der Waals surface area contributed by atoms with Crippen molar-refractivity contribution in [2.24, 2.45) is 11.8 Å². The van der Waals surface area contributed by atoms with Gasteiger partial charge in [0.2, 0.25) is 0 Å². The van der Waals surface area contributed by atoms with Crippen LogP contribution in [0.5, 0.6) is 0 Å². The van der Waals surface area contributed by atoms with E-state index in [0.29, 0.717) is 19.1 Å². The number of hydrogen-bond donors (Lipinski definition) is 0. The number of esters is 2. The lowest BCUT2D eigenvalue weighted by Gasteiger charge is -2.25. The summed E-state index contributed by atoms with van der Waals surface area (Å²) in [5.41, 5.74) is 0. The van der Waals surface area contributed by atoms with Crippen molar-refractivity contribution in [3.63, 3.8) is 0 Å². The van der Waals surface area contributed by atoms with E-state index in [1.165, 1.54) is 32.1 Å². The van der Waals surface area contributed by atoms with E-state index in [0.717, 1.165) is 32.1 Å². The molecule has 1 aliphatic carbocycles. The van der Waals surface area contributed by atoms with Crippen LogP contribution in [0.25, 0.3) is 0 Å². The molecule has 0 N–H and O–H groups in total. The molecule has 0 aromatic rings. The Bertz CT molecular complexity index is 334. The molecule has 23 heavy (non-hydrogen) atoms. The number of carbonyl (C=O) groups is 2. The van der Waals surface area contributed by atoms with Gasteiger partial charge in [0.1, 0.15) is 0 Å². The molecule has 0 spiro atoms. The van der Waals surface area contributed by atoms with Gasteiger partial charge in [-0.05, 0) is 25.2 Å². The molecule has 134 valence electrons. The first-order chi connectivity index (χ1) is 11.2. The third kappa shape index (κ3) is 8.97. The van der Waals surface area contributed by atoms with Gasteiger partial charge in [0.15, 0.2) is 0 Å². The molecule has 0 aromatic heterocycles. The molecular formula is C19H34O4. The fraction of sp³-hybridized carbons (Fsp3) is 0.895. The summed E-state index contributed by atoms with van der Waals surface area (Å²) in [5, 5.41) is 0. The maximum absolute atomic E-state index is 12.3. The van der Waals surface area contributed by atoms with Crippen LogP contribution in [-0.2, 0) is 19.1 Å². The topological polar surface area (TPSA) is 52.6 Å². The Morgan fingerprint density at radius 3 is 2.17 bits per heavy atom. The first-order valence-corrected chi connectivity index (χ1v) is 9.49. The van der Waals surface area contributed by atoms with Gasteiger partial charge in [-0.25, -0.2) is 0 Å². The van der Waals surface area contributed by atoms with Gasteiger partial charge in [0.05, 0.1) is 25.6 Å². The number of ether oxygens (including phenoxy) is 2. The Labute approximate surface area is 141 Å². The average molecular weight is 326 g/mol. The van der Waals surface area contributed by atoms with E-state index >= 15 is 0 Å². The maximum Gasteiger partial charge on any atom is 0.309 e. The molecule has 1 aliphatic rings. The summed E-state index contributed by atoms with van der Waals surface area (Å²) in [7, 11) is 0. The van der Waals surface area contributed by atoms with E-state index in [-0.39, 0.29) is 24.3 Å². The Balaban J connectivity index is 2.48. The summed E-state index contributed by atoms with van der Waals surface area (Å²) < 4.78 is 10.6. The third-order valence-electron chi connectivity index (χ3n) is 4.59. The highest BCUT2D eigenvalue weighted by atomic mass is 16.5. The molecule has 1 saturated carbocycles. The largest absolute Gasteiger partial charge is 0.466 e. The van der Waals surface area contributed by atoms with Crippen molar-refractivity contribution in [1.82, 2.24) is 0 Å². The van der Waals surface area contributed by atoms with Crippen LogP contribution in [-0.4, -0.2) is 25.2 Å².